The lowest BCUT2D eigenvalue weighted by atomic mass is 10.1. The Kier molecular flexibility index (Phi) is 15.3. The first kappa shape index (κ1) is 42.2. The summed E-state index contributed by atoms with van der Waals surface area (Å²) in [6.07, 6.45) is 6.75. The number of carbonyl (C=O) groups is 2. The van der Waals surface area contributed by atoms with Crippen molar-refractivity contribution in [3.63, 3.8) is 0 Å². The molecule has 3 heterocycles. The van der Waals surface area contributed by atoms with Crippen LogP contribution in [0.5, 0.6) is 6.01 Å². The van der Waals surface area contributed by atoms with Crippen LogP contribution in [0.1, 0.15) is 118 Å². The van der Waals surface area contributed by atoms with Crippen molar-refractivity contribution in [2.24, 2.45) is 0 Å². The van der Waals surface area contributed by atoms with Crippen LogP contribution in [0.3, 0.4) is 0 Å². The Balaban J connectivity index is 2.22. The molecule has 0 bridgehead atoms. The van der Waals surface area contributed by atoms with Crippen LogP contribution in [0.15, 0.2) is 0 Å². The van der Waals surface area contributed by atoms with Gasteiger partial charge in [-0.3, -0.25) is 0 Å². The molecule has 2 aromatic rings. The van der Waals surface area contributed by atoms with Crippen LogP contribution in [-0.2, 0) is 27.4 Å². The minimum Gasteiger partial charge on any atom is -0.460 e. The second-order valence-electron chi connectivity index (χ2n) is 17.0. The number of rotatable bonds is 16. The molecule has 1 atom stereocenters. The summed E-state index contributed by atoms with van der Waals surface area (Å²) < 4.78 is 25.7. The zero-order valence-electron chi connectivity index (χ0n) is 33.3. The first-order valence-electron chi connectivity index (χ1n) is 18.9. The Morgan fingerprint density at radius 1 is 0.961 bits per heavy atom. The van der Waals surface area contributed by atoms with Gasteiger partial charge in [-0.1, -0.05) is 45.8 Å². The molecule has 1 aliphatic rings. The van der Waals surface area contributed by atoms with Crippen LogP contribution in [-0.4, -0.2) is 83.2 Å². The van der Waals surface area contributed by atoms with Gasteiger partial charge in [-0.15, -0.1) is 0 Å². The smallest absolute Gasteiger partial charge is 0.425 e. The van der Waals surface area contributed by atoms with Crippen LogP contribution in [0.4, 0.5) is 15.4 Å². The highest BCUT2D eigenvalue weighted by molar-refractivity contribution is 6.76. The maximum atomic E-state index is 14.0. The van der Waals surface area contributed by atoms with Crippen molar-refractivity contribution in [3.8, 4) is 12.1 Å². The molecular weight excluding hydrogens is 665 g/mol. The highest BCUT2D eigenvalue weighted by Crippen LogP contribution is 2.36. The number of piperidine rings is 1. The quantitative estimate of drug-likeness (QED) is 0.122. The summed E-state index contributed by atoms with van der Waals surface area (Å²) in [5, 5.41) is 10.7. The Labute approximate surface area is 307 Å². The summed E-state index contributed by atoms with van der Waals surface area (Å²) in [6, 6.07) is 3.34. The van der Waals surface area contributed by atoms with Gasteiger partial charge in [0.15, 0.2) is 5.82 Å². The fraction of sp³-hybridized carbons (Fsp3) is 0.763. The van der Waals surface area contributed by atoms with Crippen LogP contribution < -0.4 is 9.64 Å². The fourth-order valence-corrected chi connectivity index (χ4v) is 6.77. The lowest BCUT2D eigenvalue weighted by Gasteiger charge is -2.28. The van der Waals surface area contributed by atoms with Gasteiger partial charge in [0.25, 0.3) is 0 Å². The third kappa shape index (κ3) is 13.4. The Morgan fingerprint density at radius 3 is 2.14 bits per heavy atom. The van der Waals surface area contributed by atoms with E-state index in [0.717, 1.165) is 62.7 Å². The van der Waals surface area contributed by atoms with E-state index < -0.39 is 31.5 Å². The molecule has 1 aliphatic heterocycles. The molecule has 0 aliphatic carbocycles. The van der Waals surface area contributed by atoms with E-state index in [9.17, 15) is 14.9 Å². The van der Waals surface area contributed by atoms with Gasteiger partial charge in [-0.05, 0) is 113 Å². The van der Waals surface area contributed by atoms with Crippen LogP contribution in [0.2, 0.25) is 25.7 Å². The van der Waals surface area contributed by atoms with E-state index in [0.29, 0.717) is 35.3 Å². The topological polar surface area (TPSA) is 132 Å². The summed E-state index contributed by atoms with van der Waals surface area (Å²) >= 11 is 0. The molecule has 286 valence electrons. The van der Waals surface area contributed by atoms with Gasteiger partial charge in [-0.2, -0.15) is 20.1 Å². The number of likely N-dealkylation sites (tertiary alicyclic amines) is 1. The first-order chi connectivity index (χ1) is 23.8. The summed E-state index contributed by atoms with van der Waals surface area (Å²) in [4.78, 5) is 40.9. The predicted octanol–water partition coefficient (Wildman–Crippen LogP) is 9.06. The van der Waals surface area contributed by atoms with Crippen molar-refractivity contribution < 1.29 is 28.5 Å². The highest BCUT2D eigenvalue weighted by atomic mass is 28.3. The second kappa shape index (κ2) is 18.5. The first-order valence-corrected chi connectivity index (χ1v) is 22.6. The Morgan fingerprint density at radius 2 is 1.59 bits per heavy atom. The van der Waals surface area contributed by atoms with Gasteiger partial charge in [0.2, 0.25) is 0 Å². The van der Waals surface area contributed by atoms with Crippen molar-refractivity contribution in [2.75, 3.05) is 31.1 Å². The van der Waals surface area contributed by atoms with Gasteiger partial charge < -0.3 is 28.4 Å². The SMILES string of the molecule is CCC[C@H](C)Oc1nc(N(C(=O)OC(C)(C)C)C(=O)OC(C)(C)C)c2c(n1)c(CCCCCN1CCCCC1)c(C#N)n2COCC[Si](C)(C)C. The number of ether oxygens (including phenoxy) is 4. The normalized spacial score (nSPS) is 15.0. The third-order valence-electron chi connectivity index (χ3n) is 8.49. The maximum absolute atomic E-state index is 14.0. The van der Waals surface area contributed by atoms with Crippen LogP contribution in [0.25, 0.3) is 11.0 Å². The number of fused-ring (bicyclic) bond motifs is 1. The lowest BCUT2D eigenvalue weighted by Crippen LogP contribution is -2.44. The van der Waals surface area contributed by atoms with E-state index in [1.165, 1.54) is 19.3 Å². The fourth-order valence-electron chi connectivity index (χ4n) is 6.01. The zero-order chi connectivity index (χ0) is 38.0. The molecule has 0 saturated carbocycles. The van der Waals surface area contributed by atoms with E-state index in [1.807, 2.05) is 6.92 Å². The average Bonchev–Trinajstić information content (AvgIpc) is 3.29. The molecule has 0 radical (unpaired) electrons. The second-order valence-corrected chi connectivity index (χ2v) is 22.6. The number of hydrogen-bond donors (Lipinski definition) is 0. The van der Waals surface area contributed by atoms with Gasteiger partial charge in [0.1, 0.15) is 40.7 Å². The van der Waals surface area contributed by atoms with Crippen molar-refractivity contribution >= 4 is 37.1 Å². The number of anilines is 1. The molecular formula is C38H64N6O6Si. The number of nitrogens with zero attached hydrogens (tertiary/aromatic N) is 6. The molecule has 2 aromatic heterocycles. The van der Waals surface area contributed by atoms with E-state index in [-0.39, 0.29) is 24.7 Å². The maximum Gasteiger partial charge on any atom is 0.425 e. The number of imide groups is 1. The number of nitriles is 1. The van der Waals surface area contributed by atoms with Crippen LogP contribution >= 0.6 is 0 Å². The lowest BCUT2D eigenvalue weighted by molar-refractivity contribution is 0.0428. The van der Waals surface area contributed by atoms with Crippen LogP contribution in [0, 0.1) is 11.3 Å². The number of aryl methyl sites for hydroxylation is 1. The number of aromatic nitrogens is 3. The van der Waals surface area contributed by atoms with E-state index >= 15 is 0 Å². The molecule has 0 spiro atoms. The Hall–Kier alpha value is -3.21. The minimum atomic E-state index is -1.41. The highest BCUT2D eigenvalue weighted by Gasteiger charge is 2.38. The molecule has 1 fully saturated rings. The molecule has 3 rings (SSSR count). The Bertz CT molecular complexity index is 1470. The van der Waals surface area contributed by atoms with Gasteiger partial charge in [0, 0.05) is 20.2 Å². The number of carbonyl (C=O) groups excluding carboxylic acids is 2. The molecule has 0 aromatic carbocycles. The molecule has 13 heteroatoms. The number of unbranched alkanes of at least 4 members (excludes halogenated alkanes) is 2. The van der Waals surface area contributed by atoms with Gasteiger partial charge >= 0.3 is 18.2 Å². The summed E-state index contributed by atoms with van der Waals surface area (Å²) in [6.45, 7) is 25.1. The van der Waals surface area contributed by atoms with Crippen molar-refractivity contribution in [1.82, 2.24) is 19.4 Å². The predicted molar refractivity (Wildman–Crippen MR) is 204 cm³/mol. The van der Waals surface area contributed by atoms with E-state index in [4.69, 9.17) is 28.9 Å². The largest absolute Gasteiger partial charge is 0.460 e. The molecule has 51 heavy (non-hydrogen) atoms. The molecule has 12 nitrogen and oxygen atoms in total. The van der Waals surface area contributed by atoms with E-state index in [2.05, 4.69) is 37.5 Å². The molecule has 2 amide bonds. The number of amides is 2. The van der Waals surface area contributed by atoms with Gasteiger partial charge in [0.05, 0.1) is 6.10 Å². The van der Waals surface area contributed by atoms with Crippen molar-refractivity contribution in [2.45, 2.75) is 163 Å². The standard InChI is InChI=1S/C38H64N6O6Si/c1-12-19-28(2)48-34-40-31-29(20-15-13-16-21-42-22-17-14-18-23-42)30(26-39)43(27-47-24-25-51(9,10)11)32(31)33(41-34)44(35(45)49-37(3,4)5)36(46)50-38(6,7)8/h28H,12-25,27H2,1-11H3/t28-/m0/s1. The summed E-state index contributed by atoms with van der Waals surface area (Å²) in [5.74, 6) is -0.0798. The summed E-state index contributed by atoms with van der Waals surface area (Å²) in [5.41, 5.74) is -0.0389. The third-order valence-corrected chi connectivity index (χ3v) is 10.2. The molecule has 1 saturated heterocycles. The zero-order valence-corrected chi connectivity index (χ0v) is 34.3. The van der Waals surface area contributed by atoms with Crippen molar-refractivity contribution in [1.29, 1.82) is 5.26 Å². The minimum absolute atomic E-state index is 0.00297. The van der Waals surface area contributed by atoms with Gasteiger partial charge in [-0.25, -0.2) is 9.59 Å². The molecule has 0 N–H and O–H groups in total. The monoisotopic (exact) mass is 728 g/mol. The molecule has 0 unspecified atom stereocenters. The van der Waals surface area contributed by atoms with E-state index in [1.54, 1.807) is 46.1 Å². The average molecular weight is 729 g/mol. The van der Waals surface area contributed by atoms with Crippen molar-refractivity contribution in [3.05, 3.63) is 11.3 Å². The summed E-state index contributed by atoms with van der Waals surface area (Å²) in [7, 11) is -1.41. The number of hydrogen-bond acceptors (Lipinski definition) is 10.